The third-order valence-corrected chi connectivity index (χ3v) is 12.8. The largest absolute Gasteiger partial charge is 0.309 e. The normalized spacial score (nSPS) is 12.8. The first kappa shape index (κ1) is 35.9. The molecule has 1 aliphatic rings. The summed E-state index contributed by atoms with van der Waals surface area (Å²) >= 11 is 0. The first-order valence-corrected chi connectivity index (χ1v) is 21.3. The molecule has 4 nitrogen and oxygen atoms in total. The van der Waals surface area contributed by atoms with E-state index in [9.17, 15) is 0 Å². The van der Waals surface area contributed by atoms with Crippen molar-refractivity contribution in [2.24, 2.45) is 0 Å². The summed E-state index contributed by atoms with van der Waals surface area (Å²) in [6.07, 6.45) is 0. The van der Waals surface area contributed by atoms with Crippen molar-refractivity contribution in [3.63, 3.8) is 0 Å². The highest BCUT2D eigenvalue weighted by Gasteiger charge is 2.36. The zero-order valence-corrected chi connectivity index (χ0v) is 34.4. The molecule has 0 aliphatic heterocycles. The number of aromatic nitrogens is 4. The Morgan fingerprint density at radius 3 is 1.76 bits per heavy atom. The van der Waals surface area contributed by atoms with Gasteiger partial charge in [0.1, 0.15) is 0 Å². The van der Waals surface area contributed by atoms with E-state index < -0.39 is 0 Å². The Bertz CT molecular complexity index is 3550. The quantitative estimate of drug-likeness (QED) is 0.168. The smallest absolute Gasteiger partial charge is 0.164 e. The van der Waals surface area contributed by atoms with Gasteiger partial charge in [0.2, 0.25) is 0 Å². The maximum Gasteiger partial charge on any atom is 0.164 e. The Labute approximate surface area is 360 Å². The van der Waals surface area contributed by atoms with Crippen molar-refractivity contribution in [1.29, 1.82) is 0 Å². The molecule has 4 heteroatoms. The zero-order valence-electron chi connectivity index (χ0n) is 34.4. The molecule has 11 aromatic rings. The molecular formula is C58H40N4. The summed E-state index contributed by atoms with van der Waals surface area (Å²) in [5.74, 6) is 1.87. The number of hydrogen-bond acceptors (Lipinski definition) is 3. The molecule has 0 N–H and O–H groups in total. The van der Waals surface area contributed by atoms with Crippen LogP contribution < -0.4 is 0 Å². The van der Waals surface area contributed by atoms with Gasteiger partial charge in [0, 0.05) is 38.4 Å². The first-order valence-electron chi connectivity index (χ1n) is 21.3. The molecule has 0 radical (unpaired) electrons. The standard InChI is InChI=1S/C58H40N4/c1-58(2)50-26-13-11-24-46(50)48-35-49-47-25-12-14-27-52(47)62(54(49)36-51(48)58)53-34-44(30-31-45(53)42-29-28-38-18-9-10-21-40(38)32-42)57-60-55(39-19-7-4-8-20-39)59-56(61-57)43-23-15-22-41(33-43)37-16-5-3-6-17-37/h3-36H,1-2H3. The summed E-state index contributed by atoms with van der Waals surface area (Å²) in [5.41, 5.74) is 15.9. The fourth-order valence-electron chi connectivity index (χ4n) is 9.70. The van der Waals surface area contributed by atoms with Crippen LogP contribution in [0.15, 0.2) is 206 Å². The lowest BCUT2D eigenvalue weighted by molar-refractivity contribution is 0.661. The molecule has 2 aromatic heterocycles. The summed E-state index contributed by atoms with van der Waals surface area (Å²) in [4.78, 5) is 15.6. The topological polar surface area (TPSA) is 43.6 Å². The van der Waals surface area contributed by atoms with E-state index in [-0.39, 0.29) is 5.41 Å². The molecular weight excluding hydrogens is 753 g/mol. The first-order chi connectivity index (χ1) is 30.5. The molecule has 1 aliphatic carbocycles. The lowest BCUT2D eigenvalue weighted by Gasteiger charge is -2.22. The third kappa shape index (κ3) is 5.79. The SMILES string of the molecule is CC1(C)c2ccccc2-c2cc3c4ccccc4n(-c4cc(-c5nc(-c6ccccc6)nc(-c6cccc(-c7ccccc7)c6)n5)ccc4-c4ccc5ccccc5c4)c3cc21. The van der Waals surface area contributed by atoms with Crippen LogP contribution in [0, 0.1) is 0 Å². The molecule has 2 heterocycles. The Morgan fingerprint density at radius 2 is 0.952 bits per heavy atom. The van der Waals surface area contributed by atoms with E-state index in [1.165, 1.54) is 49.3 Å². The van der Waals surface area contributed by atoms with Gasteiger partial charge in [-0.15, -0.1) is 0 Å². The van der Waals surface area contributed by atoms with Crippen LogP contribution in [0.1, 0.15) is 25.0 Å². The number of rotatable bonds is 6. The molecule has 0 amide bonds. The number of fused-ring (bicyclic) bond motifs is 7. The molecule has 12 rings (SSSR count). The van der Waals surface area contributed by atoms with Crippen LogP contribution in [0.2, 0.25) is 0 Å². The molecule has 0 fully saturated rings. The van der Waals surface area contributed by atoms with Gasteiger partial charge in [0.15, 0.2) is 17.5 Å². The summed E-state index contributed by atoms with van der Waals surface area (Å²) < 4.78 is 2.47. The van der Waals surface area contributed by atoms with Gasteiger partial charge >= 0.3 is 0 Å². The predicted molar refractivity (Wildman–Crippen MR) is 256 cm³/mol. The Hall–Kier alpha value is -7.95. The van der Waals surface area contributed by atoms with Crippen molar-refractivity contribution < 1.29 is 0 Å². The van der Waals surface area contributed by atoms with Gasteiger partial charge in [0.25, 0.3) is 0 Å². The summed E-state index contributed by atoms with van der Waals surface area (Å²) in [7, 11) is 0. The minimum atomic E-state index is -0.155. The number of para-hydroxylation sites is 1. The Morgan fingerprint density at radius 1 is 0.339 bits per heavy atom. The average molecular weight is 793 g/mol. The van der Waals surface area contributed by atoms with E-state index in [1.807, 2.05) is 24.3 Å². The molecule has 0 saturated carbocycles. The molecule has 0 spiro atoms. The van der Waals surface area contributed by atoms with Crippen LogP contribution in [0.5, 0.6) is 0 Å². The van der Waals surface area contributed by atoms with Gasteiger partial charge in [-0.3, -0.25) is 0 Å². The predicted octanol–water partition coefficient (Wildman–Crippen LogP) is 14.8. The number of nitrogens with zero attached hydrogens (tertiary/aromatic N) is 4. The Balaban J connectivity index is 1.12. The molecule has 0 saturated heterocycles. The van der Waals surface area contributed by atoms with Gasteiger partial charge in [-0.2, -0.15) is 0 Å². The third-order valence-electron chi connectivity index (χ3n) is 12.8. The molecule has 292 valence electrons. The highest BCUT2D eigenvalue weighted by Crippen LogP contribution is 2.51. The van der Waals surface area contributed by atoms with E-state index in [2.05, 4.69) is 200 Å². The lowest BCUT2D eigenvalue weighted by atomic mass is 9.82. The van der Waals surface area contributed by atoms with Gasteiger partial charge < -0.3 is 4.57 Å². The summed E-state index contributed by atoms with van der Waals surface area (Å²) in [6.45, 7) is 4.71. The molecule has 9 aromatic carbocycles. The zero-order chi connectivity index (χ0) is 41.4. The second kappa shape index (κ2) is 14.1. The van der Waals surface area contributed by atoms with Gasteiger partial charge in [-0.25, -0.2) is 15.0 Å². The van der Waals surface area contributed by atoms with E-state index in [1.54, 1.807) is 0 Å². The van der Waals surface area contributed by atoms with Gasteiger partial charge in [-0.1, -0.05) is 184 Å². The Kier molecular flexibility index (Phi) is 8.16. The van der Waals surface area contributed by atoms with E-state index >= 15 is 0 Å². The number of benzene rings is 9. The minimum absolute atomic E-state index is 0.155. The van der Waals surface area contributed by atoms with Crippen molar-refractivity contribution in [1.82, 2.24) is 19.5 Å². The number of hydrogen-bond donors (Lipinski definition) is 0. The fourth-order valence-corrected chi connectivity index (χ4v) is 9.70. The maximum atomic E-state index is 5.28. The van der Waals surface area contributed by atoms with Crippen molar-refractivity contribution in [2.75, 3.05) is 0 Å². The van der Waals surface area contributed by atoms with E-state index in [4.69, 9.17) is 15.0 Å². The highest BCUT2D eigenvalue weighted by molar-refractivity contribution is 6.12. The molecule has 0 atom stereocenters. The maximum absolute atomic E-state index is 5.28. The van der Waals surface area contributed by atoms with Crippen LogP contribution in [-0.2, 0) is 5.41 Å². The van der Waals surface area contributed by atoms with Crippen molar-refractivity contribution >= 4 is 32.6 Å². The van der Waals surface area contributed by atoms with Crippen LogP contribution in [0.25, 0.3) is 106 Å². The molecule has 0 unspecified atom stereocenters. The molecule has 0 bridgehead atoms. The van der Waals surface area contributed by atoms with Crippen molar-refractivity contribution in [2.45, 2.75) is 19.3 Å². The van der Waals surface area contributed by atoms with Crippen LogP contribution in [0.4, 0.5) is 0 Å². The van der Waals surface area contributed by atoms with Gasteiger partial charge in [-0.05, 0) is 86.1 Å². The summed E-state index contributed by atoms with van der Waals surface area (Å²) in [5, 5.41) is 4.86. The second-order valence-electron chi connectivity index (χ2n) is 16.9. The van der Waals surface area contributed by atoms with Crippen molar-refractivity contribution in [3.8, 4) is 73.2 Å². The lowest BCUT2D eigenvalue weighted by Crippen LogP contribution is -2.15. The highest BCUT2D eigenvalue weighted by atomic mass is 15.0. The minimum Gasteiger partial charge on any atom is -0.309 e. The second-order valence-corrected chi connectivity index (χ2v) is 16.9. The van der Waals surface area contributed by atoms with Crippen LogP contribution >= 0.6 is 0 Å². The monoisotopic (exact) mass is 792 g/mol. The summed E-state index contributed by atoms with van der Waals surface area (Å²) in [6, 6.07) is 73.8. The molecule has 62 heavy (non-hydrogen) atoms. The van der Waals surface area contributed by atoms with Gasteiger partial charge in [0.05, 0.1) is 16.7 Å². The van der Waals surface area contributed by atoms with Crippen molar-refractivity contribution in [3.05, 3.63) is 217 Å². The van der Waals surface area contributed by atoms with Crippen LogP contribution in [0.3, 0.4) is 0 Å². The average Bonchev–Trinajstić information content (AvgIpc) is 3.78. The van der Waals surface area contributed by atoms with E-state index in [0.717, 1.165) is 50.1 Å². The van der Waals surface area contributed by atoms with E-state index in [0.29, 0.717) is 17.5 Å². The fraction of sp³-hybridized carbons (Fsp3) is 0.0517. The van der Waals surface area contributed by atoms with Crippen LogP contribution in [-0.4, -0.2) is 19.5 Å².